The first kappa shape index (κ1) is 14.5. The van der Waals surface area contributed by atoms with Crippen LogP contribution in [0.25, 0.3) is 0 Å². The summed E-state index contributed by atoms with van der Waals surface area (Å²) in [5, 5.41) is 12.0. The second-order valence-electron chi connectivity index (χ2n) is 5.52. The van der Waals surface area contributed by atoms with Crippen molar-refractivity contribution >= 4 is 5.82 Å². The van der Waals surface area contributed by atoms with Gasteiger partial charge in [-0.1, -0.05) is 40.0 Å². The van der Waals surface area contributed by atoms with Crippen LogP contribution in [0.3, 0.4) is 0 Å². The fourth-order valence-corrected chi connectivity index (χ4v) is 1.84. The largest absolute Gasteiger partial charge is 0.370 e. The van der Waals surface area contributed by atoms with Gasteiger partial charge >= 0.3 is 0 Å². The first-order valence-electron chi connectivity index (χ1n) is 6.67. The number of nitrogens with one attached hydrogen (secondary N) is 1. The van der Waals surface area contributed by atoms with E-state index in [-0.39, 0.29) is 5.41 Å². The molecule has 0 bridgehead atoms. The summed E-state index contributed by atoms with van der Waals surface area (Å²) in [7, 11) is 0. The first-order valence-corrected chi connectivity index (χ1v) is 6.67. The number of rotatable bonds is 7. The van der Waals surface area contributed by atoms with E-state index >= 15 is 0 Å². The van der Waals surface area contributed by atoms with Crippen LogP contribution < -0.4 is 5.32 Å². The topological polar surface area (TPSA) is 48.7 Å². The fraction of sp³-hybridized carbons (Fsp3) is 0.600. The Morgan fingerprint density at radius 3 is 2.67 bits per heavy atom. The van der Waals surface area contributed by atoms with Gasteiger partial charge in [0, 0.05) is 12.7 Å². The lowest BCUT2D eigenvalue weighted by Gasteiger charge is -2.25. The highest BCUT2D eigenvalue weighted by Gasteiger charge is 2.16. The van der Waals surface area contributed by atoms with E-state index in [2.05, 4.69) is 37.1 Å². The van der Waals surface area contributed by atoms with Gasteiger partial charge in [0.1, 0.15) is 11.9 Å². The standard InChI is InChI=1S/C15H23N3/c1-4-5-6-9-15(2,3)12-18-14-8-7-13(10-16)11-17-14/h7-8,11H,4-6,9,12H2,1-3H3,(H,17,18). The Morgan fingerprint density at radius 1 is 1.33 bits per heavy atom. The zero-order valence-electron chi connectivity index (χ0n) is 11.7. The van der Waals surface area contributed by atoms with Gasteiger partial charge < -0.3 is 5.32 Å². The van der Waals surface area contributed by atoms with Crippen LogP contribution >= 0.6 is 0 Å². The molecule has 0 fully saturated rings. The summed E-state index contributed by atoms with van der Waals surface area (Å²) in [6.45, 7) is 7.69. The molecule has 1 N–H and O–H groups in total. The zero-order chi connectivity index (χ0) is 13.4. The molecule has 0 aliphatic carbocycles. The van der Waals surface area contributed by atoms with E-state index in [0.717, 1.165) is 12.4 Å². The molecule has 1 rings (SSSR count). The van der Waals surface area contributed by atoms with Gasteiger partial charge in [0.25, 0.3) is 0 Å². The number of pyridine rings is 1. The lowest BCUT2D eigenvalue weighted by Crippen LogP contribution is -2.23. The third kappa shape index (κ3) is 5.18. The SMILES string of the molecule is CCCCCC(C)(C)CNc1ccc(C#N)cn1. The Balaban J connectivity index is 2.40. The van der Waals surface area contributed by atoms with Crippen molar-refractivity contribution in [1.29, 1.82) is 5.26 Å². The molecule has 18 heavy (non-hydrogen) atoms. The number of hydrogen-bond acceptors (Lipinski definition) is 3. The van der Waals surface area contributed by atoms with Crippen molar-refractivity contribution in [1.82, 2.24) is 4.98 Å². The quantitative estimate of drug-likeness (QED) is 0.739. The molecule has 0 amide bonds. The Labute approximate surface area is 110 Å². The van der Waals surface area contributed by atoms with Crippen molar-refractivity contribution in [3.8, 4) is 6.07 Å². The van der Waals surface area contributed by atoms with Gasteiger partial charge in [0.15, 0.2) is 0 Å². The van der Waals surface area contributed by atoms with Gasteiger partial charge in [-0.05, 0) is 24.0 Å². The summed E-state index contributed by atoms with van der Waals surface area (Å²) in [4.78, 5) is 4.22. The van der Waals surface area contributed by atoms with Crippen molar-refractivity contribution in [3.63, 3.8) is 0 Å². The smallest absolute Gasteiger partial charge is 0.125 e. The summed E-state index contributed by atoms with van der Waals surface area (Å²) in [5.41, 5.74) is 0.882. The molecule has 0 aliphatic heterocycles. The number of aromatic nitrogens is 1. The Kier molecular flexibility index (Phi) is 5.64. The van der Waals surface area contributed by atoms with Gasteiger partial charge in [0.2, 0.25) is 0 Å². The second kappa shape index (κ2) is 7.00. The predicted octanol–water partition coefficient (Wildman–Crippen LogP) is 3.97. The molecule has 3 heteroatoms. The number of anilines is 1. The molecular formula is C15H23N3. The van der Waals surface area contributed by atoms with Crippen LogP contribution in [0.1, 0.15) is 52.0 Å². The molecule has 0 unspecified atom stereocenters. The predicted molar refractivity (Wildman–Crippen MR) is 75.4 cm³/mol. The van der Waals surface area contributed by atoms with Crippen LogP contribution in [-0.4, -0.2) is 11.5 Å². The first-order chi connectivity index (χ1) is 8.57. The number of unbranched alkanes of at least 4 members (excludes halogenated alkanes) is 2. The molecule has 0 spiro atoms. The summed E-state index contributed by atoms with van der Waals surface area (Å²) >= 11 is 0. The van der Waals surface area contributed by atoms with Crippen molar-refractivity contribution in [2.75, 3.05) is 11.9 Å². The number of nitrogens with zero attached hydrogens (tertiary/aromatic N) is 2. The maximum absolute atomic E-state index is 8.70. The summed E-state index contributed by atoms with van der Waals surface area (Å²) < 4.78 is 0. The zero-order valence-corrected chi connectivity index (χ0v) is 11.7. The molecule has 0 saturated heterocycles. The molecule has 0 radical (unpaired) electrons. The van der Waals surface area contributed by atoms with Crippen LogP contribution in [-0.2, 0) is 0 Å². The normalized spacial score (nSPS) is 11.0. The lowest BCUT2D eigenvalue weighted by atomic mass is 9.87. The summed E-state index contributed by atoms with van der Waals surface area (Å²) in [6, 6.07) is 5.72. The molecule has 3 nitrogen and oxygen atoms in total. The third-order valence-corrected chi connectivity index (χ3v) is 3.10. The maximum atomic E-state index is 8.70. The summed E-state index contributed by atoms with van der Waals surface area (Å²) in [5.74, 6) is 0.845. The van der Waals surface area contributed by atoms with E-state index in [0.29, 0.717) is 5.56 Å². The van der Waals surface area contributed by atoms with E-state index < -0.39 is 0 Å². The van der Waals surface area contributed by atoms with Gasteiger partial charge in [0.05, 0.1) is 5.56 Å². The molecule has 98 valence electrons. The minimum absolute atomic E-state index is 0.282. The minimum Gasteiger partial charge on any atom is -0.370 e. The van der Waals surface area contributed by atoms with Crippen LogP contribution in [0, 0.1) is 16.7 Å². The average Bonchev–Trinajstić information content (AvgIpc) is 2.37. The molecule has 0 saturated carbocycles. The van der Waals surface area contributed by atoms with E-state index in [1.165, 1.54) is 25.7 Å². The molecule has 0 aromatic carbocycles. The van der Waals surface area contributed by atoms with E-state index in [1.807, 2.05) is 6.07 Å². The Bertz CT molecular complexity index is 387. The second-order valence-corrected chi connectivity index (χ2v) is 5.52. The van der Waals surface area contributed by atoms with Gasteiger partial charge in [-0.25, -0.2) is 4.98 Å². The summed E-state index contributed by atoms with van der Waals surface area (Å²) in [6.07, 6.45) is 6.68. The average molecular weight is 245 g/mol. The van der Waals surface area contributed by atoms with Gasteiger partial charge in [-0.15, -0.1) is 0 Å². The molecule has 1 heterocycles. The van der Waals surface area contributed by atoms with E-state index in [1.54, 1.807) is 12.3 Å². The van der Waals surface area contributed by atoms with E-state index in [4.69, 9.17) is 5.26 Å². The minimum atomic E-state index is 0.282. The molecule has 1 aromatic heterocycles. The Morgan fingerprint density at radius 2 is 2.11 bits per heavy atom. The van der Waals surface area contributed by atoms with Crippen LogP contribution in [0.5, 0.6) is 0 Å². The van der Waals surface area contributed by atoms with Crippen molar-refractivity contribution < 1.29 is 0 Å². The number of nitriles is 1. The van der Waals surface area contributed by atoms with Crippen LogP contribution in [0.4, 0.5) is 5.82 Å². The maximum Gasteiger partial charge on any atom is 0.125 e. The van der Waals surface area contributed by atoms with Crippen molar-refractivity contribution in [3.05, 3.63) is 23.9 Å². The number of hydrogen-bond donors (Lipinski definition) is 1. The molecule has 0 atom stereocenters. The highest BCUT2D eigenvalue weighted by Crippen LogP contribution is 2.24. The van der Waals surface area contributed by atoms with E-state index in [9.17, 15) is 0 Å². The molecule has 0 aliphatic rings. The van der Waals surface area contributed by atoms with Crippen molar-refractivity contribution in [2.24, 2.45) is 5.41 Å². The highest BCUT2D eigenvalue weighted by molar-refractivity contribution is 5.39. The molecule has 1 aromatic rings. The van der Waals surface area contributed by atoms with Crippen LogP contribution in [0.15, 0.2) is 18.3 Å². The lowest BCUT2D eigenvalue weighted by molar-refractivity contribution is 0.342. The molecular weight excluding hydrogens is 222 g/mol. The Hall–Kier alpha value is -1.56. The van der Waals surface area contributed by atoms with Crippen LogP contribution in [0.2, 0.25) is 0 Å². The fourth-order valence-electron chi connectivity index (χ4n) is 1.84. The monoisotopic (exact) mass is 245 g/mol. The van der Waals surface area contributed by atoms with Gasteiger partial charge in [-0.3, -0.25) is 0 Å². The van der Waals surface area contributed by atoms with Crippen molar-refractivity contribution in [2.45, 2.75) is 46.5 Å². The highest BCUT2D eigenvalue weighted by atomic mass is 15.0. The third-order valence-electron chi connectivity index (χ3n) is 3.10. The van der Waals surface area contributed by atoms with Gasteiger partial charge in [-0.2, -0.15) is 5.26 Å².